The summed E-state index contributed by atoms with van der Waals surface area (Å²) in [6, 6.07) is 0.615. The van der Waals surface area contributed by atoms with E-state index in [4.69, 9.17) is 11.5 Å². The lowest BCUT2D eigenvalue weighted by Crippen LogP contribution is -2.48. The Morgan fingerprint density at radius 2 is 1.87 bits per heavy atom. The van der Waals surface area contributed by atoms with E-state index in [-0.39, 0.29) is 5.91 Å². The molecule has 5 N–H and O–H groups in total. The second kappa shape index (κ2) is 4.94. The summed E-state index contributed by atoms with van der Waals surface area (Å²) in [7, 11) is 0. The number of rotatable bonds is 3. The molecule has 88 valence electrons. The Kier molecular flexibility index (Phi) is 4.11. The summed E-state index contributed by atoms with van der Waals surface area (Å²) in [5.41, 5.74) is 10.9. The molecule has 0 radical (unpaired) electrons. The lowest BCUT2D eigenvalue weighted by atomic mass is 9.88. The quantitative estimate of drug-likeness (QED) is 0.633. The van der Waals surface area contributed by atoms with Crippen molar-refractivity contribution < 1.29 is 4.79 Å². The van der Waals surface area contributed by atoms with Crippen molar-refractivity contribution >= 4 is 5.91 Å². The number of carbonyl (C=O) groups is 1. The molecular formula is C11H23N3O. The summed E-state index contributed by atoms with van der Waals surface area (Å²) in [5, 5.41) is 3.06. The van der Waals surface area contributed by atoms with Crippen LogP contribution >= 0.6 is 0 Å². The summed E-state index contributed by atoms with van der Waals surface area (Å²) in [6.45, 7) is 4.12. The fourth-order valence-corrected chi connectivity index (χ4v) is 1.74. The smallest absolute Gasteiger partial charge is 0.227 e. The van der Waals surface area contributed by atoms with Crippen LogP contribution in [0.15, 0.2) is 0 Å². The third kappa shape index (κ3) is 3.47. The van der Waals surface area contributed by atoms with Gasteiger partial charge in [-0.05, 0) is 39.5 Å². The first-order chi connectivity index (χ1) is 6.95. The predicted molar refractivity (Wildman–Crippen MR) is 61.2 cm³/mol. The first-order valence-corrected chi connectivity index (χ1v) is 5.72. The zero-order chi connectivity index (χ0) is 11.5. The van der Waals surface area contributed by atoms with Crippen LogP contribution in [0.2, 0.25) is 0 Å². The minimum Gasteiger partial charge on any atom is -0.353 e. The highest BCUT2D eigenvalue weighted by atomic mass is 16.2. The molecular weight excluding hydrogens is 190 g/mol. The third-order valence-corrected chi connectivity index (χ3v) is 3.23. The molecule has 1 fully saturated rings. The molecule has 0 aromatic heterocycles. The minimum absolute atomic E-state index is 0.0606. The number of nitrogens with one attached hydrogen (secondary N) is 1. The molecule has 0 heterocycles. The summed E-state index contributed by atoms with van der Waals surface area (Å²) >= 11 is 0. The van der Waals surface area contributed by atoms with E-state index < -0.39 is 5.41 Å². The number of nitrogens with two attached hydrogens (primary N) is 2. The molecule has 4 nitrogen and oxygen atoms in total. The maximum Gasteiger partial charge on any atom is 0.227 e. The van der Waals surface area contributed by atoms with E-state index in [1.165, 1.54) is 0 Å². The van der Waals surface area contributed by atoms with Gasteiger partial charge in [0.1, 0.15) is 0 Å². The second-order valence-electron chi connectivity index (χ2n) is 5.17. The maximum absolute atomic E-state index is 11.8. The Balaban J connectivity index is 2.39. The van der Waals surface area contributed by atoms with Gasteiger partial charge in [-0.25, -0.2) is 0 Å². The number of amides is 1. The zero-order valence-corrected chi connectivity index (χ0v) is 9.75. The molecule has 1 saturated carbocycles. The monoisotopic (exact) mass is 213 g/mol. The van der Waals surface area contributed by atoms with E-state index in [9.17, 15) is 4.79 Å². The molecule has 1 aliphatic carbocycles. The van der Waals surface area contributed by atoms with Gasteiger partial charge in [0.05, 0.1) is 5.41 Å². The summed E-state index contributed by atoms with van der Waals surface area (Å²) in [6.07, 6.45) is 4.00. The predicted octanol–water partition coefficient (Wildman–Crippen LogP) is 0.357. The average molecular weight is 213 g/mol. The van der Waals surface area contributed by atoms with Gasteiger partial charge in [-0.3, -0.25) is 4.79 Å². The Bertz CT molecular complexity index is 220. The van der Waals surface area contributed by atoms with E-state index in [1.807, 2.05) is 13.8 Å². The van der Waals surface area contributed by atoms with Gasteiger partial charge in [-0.2, -0.15) is 0 Å². The highest BCUT2D eigenvalue weighted by Crippen LogP contribution is 2.19. The Morgan fingerprint density at radius 3 is 2.33 bits per heavy atom. The molecule has 0 aromatic rings. The van der Waals surface area contributed by atoms with Crippen LogP contribution in [0.3, 0.4) is 0 Å². The van der Waals surface area contributed by atoms with Gasteiger partial charge >= 0.3 is 0 Å². The van der Waals surface area contributed by atoms with E-state index >= 15 is 0 Å². The number of hydrogen-bond acceptors (Lipinski definition) is 3. The van der Waals surface area contributed by atoms with Crippen LogP contribution in [-0.2, 0) is 4.79 Å². The van der Waals surface area contributed by atoms with E-state index in [1.54, 1.807) is 0 Å². The molecule has 1 rings (SSSR count). The molecule has 0 bridgehead atoms. The van der Waals surface area contributed by atoms with E-state index in [2.05, 4.69) is 5.32 Å². The minimum atomic E-state index is -0.459. The van der Waals surface area contributed by atoms with Crippen molar-refractivity contribution in [2.24, 2.45) is 16.9 Å². The fraction of sp³-hybridized carbons (Fsp3) is 0.909. The maximum atomic E-state index is 11.8. The van der Waals surface area contributed by atoms with E-state index in [0.717, 1.165) is 25.7 Å². The summed E-state index contributed by atoms with van der Waals surface area (Å²) in [4.78, 5) is 11.8. The van der Waals surface area contributed by atoms with Crippen LogP contribution < -0.4 is 16.8 Å². The molecule has 1 aliphatic rings. The van der Waals surface area contributed by atoms with Crippen LogP contribution in [-0.4, -0.2) is 24.5 Å². The van der Waals surface area contributed by atoms with Gasteiger partial charge in [0, 0.05) is 18.6 Å². The normalized spacial score (nSPS) is 27.5. The second-order valence-corrected chi connectivity index (χ2v) is 5.17. The van der Waals surface area contributed by atoms with Crippen LogP contribution in [0, 0.1) is 5.41 Å². The van der Waals surface area contributed by atoms with Gasteiger partial charge in [0.25, 0.3) is 0 Å². The van der Waals surface area contributed by atoms with Crippen molar-refractivity contribution in [3.8, 4) is 0 Å². The highest BCUT2D eigenvalue weighted by molar-refractivity contribution is 5.82. The molecule has 0 aromatic carbocycles. The van der Waals surface area contributed by atoms with E-state index in [0.29, 0.717) is 18.6 Å². The van der Waals surface area contributed by atoms with Gasteiger partial charge in [-0.1, -0.05) is 0 Å². The van der Waals surface area contributed by atoms with Crippen molar-refractivity contribution in [1.82, 2.24) is 5.32 Å². The molecule has 0 saturated heterocycles. The molecule has 0 unspecified atom stereocenters. The number of hydrogen-bond donors (Lipinski definition) is 3. The first-order valence-electron chi connectivity index (χ1n) is 5.72. The van der Waals surface area contributed by atoms with Crippen molar-refractivity contribution in [2.75, 3.05) is 6.54 Å². The van der Waals surface area contributed by atoms with Gasteiger partial charge in [0.2, 0.25) is 5.91 Å². The van der Waals surface area contributed by atoms with Crippen LogP contribution in [0.25, 0.3) is 0 Å². The lowest BCUT2D eigenvalue weighted by molar-refractivity contribution is -0.129. The fourth-order valence-electron chi connectivity index (χ4n) is 1.74. The Morgan fingerprint density at radius 1 is 1.33 bits per heavy atom. The SMILES string of the molecule is CC(C)(CN)C(=O)NC1CCC(N)CC1. The Hall–Kier alpha value is -0.610. The van der Waals surface area contributed by atoms with Crippen LogP contribution in [0.1, 0.15) is 39.5 Å². The molecule has 4 heteroatoms. The van der Waals surface area contributed by atoms with Crippen molar-refractivity contribution in [1.29, 1.82) is 0 Å². The van der Waals surface area contributed by atoms with Crippen molar-refractivity contribution in [3.05, 3.63) is 0 Å². The topological polar surface area (TPSA) is 81.1 Å². The molecule has 0 spiro atoms. The lowest BCUT2D eigenvalue weighted by Gasteiger charge is -2.30. The largest absolute Gasteiger partial charge is 0.353 e. The van der Waals surface area contributed by atoms with Gasteiger partial charge in [-0.15, -0.1) is 0 Å². The summed E-state index contributed by atoms with van der Waals surface area (Å²) in [5.74, 6) is 0.0606. The molecule has 0 aliphatic heterocycles. The summed E-state index contributed by atoms with van der Waals surface area (Å²) < 4.78 is 0. The molecule has 15 heavy (non-hydrogen) atoms. The molecule has 0 atom stereocenters. The van der Waals surface area contributed by atoms with Crippen molar-refractivity contribution in [3.63, 3.8) is 0 Å². The van der Waals surface area contributed by atoms with Crippen LogP contribution in [0.4, 0.5) is 0 Å². The highest BCUT2D eigenvalue weighted by Gasteiger charge is 2.28. The average Bonchev–Trinajstić information content (AvgIpc) is 2.21. The van der Waals surface area contributed by atoms with Crippen molar-refractivity contribution in [2.45, 2.75) is 51.6 Å². The first kappa shape index (κ1) is 12.5. The number of carbonyl (C=O) groups excluding carboxylic acids is 1. The standard InChI is InChI=1S/C11H23N3O/c1-11(2,7-12)10(15)14-9-5-3-8(13)4-6-9/h8-9H,3-7,12-13H2,1-2H3,(H,14,15). The van der Waals surface area contributed by atoms with Gasteiger partial charge in [0.15, 0.2) is 0 Å². The third-order valence-electron chi connectivity index (χ3n) is 3.23. The van der Waals surface area contributed by atoms with Gasteiger partial charge < -0.3 is 16.8 Å². The zero-order valence-electron chi connectivity index (χ0n) is 9.75. The Labute approximate surface area is 91.8 Å². The molecule has 1 amide bonds. The van der Waals surface area contributed by atoms with Crippen LogP contribution in [0.5, 0.6) is 0 Å².